The van der Waals surface area contributed by atoms with Crippen LogP contribution in [0.4, 0.5) is 0 Å². The molecule has 0 aromatic rings. The molecule has 0 N–H and O–H groups in total. The second-order valence-corrected chi connectivity index (χ2v) is 3.53. The Kier molecular flexibility index (Phi) is 4.08. The normalized spacial score (nSPS) is 29.9. The lowest BCUT2D eigenvalue weighted by atomic mass is 10.1. The van der Waals surface area contributed by atoms with E-state index in [1.54, 1.807) is 0 Å². The predicted octanol–water partition coefficient (Wildman–Crippen LogP) is 1.01. The second-order valence-electron chi connectivity index (χ2n) is 3.53. The van der Waals surface area contributed by atoms with Gasteiger partial charge in [0.25, 0.3) is 0 Å². The van der Waals surface area contributed by atoms with E-state index in [4.69, 9.17) is 14.2 Å². The maximum Gasteiger partial charge on any atom is 0.305 e. The zero-order chi connectivity index (χ0) is 11.4. The molecular formula is C10H16O5. The first-order chi connectivity index (χ1) is 7.02. The van der Waals surface area contributed by atoms with Crippen molar-refractivity contribution in [1.29, 1.82) is 0 Å². The van der Waals surface area contributed by atoms with Crippen molar-refractivity contribution in [2.75, 3.05) is 0 Å². The lowest BCUT2D eigenvalue weighted by molar-refractivity contribution is -0.194. The first kappa shape index (κ1) is 12.0. The molecule has 0 saturated carbocycles. The van der Waals surface area contributed by atoms with Crippen molar-refractivity contribution in [1.82, 2.24) is 0 Å². The minimum absolute atomic E-state index is 0.0151. The van der Waals surface area contributed by atoms with Crippen molar-refractivity contribution in [2.45, 2.75) is 52.1 Å². The molecule has 5 nitrogen and oxygen atoms in total. The molecule has 1 aliphatic rings. The van der Waals surface area contributed by atoms with Gasteiger partial charge < -0.3 is 14.2 Å². The van der Waals surface area contributed by atoms with E-state index >= 15 is 0 Å². The van der Waals surface area contributed by atoms with E-state index in [1.165, 1.54) is 13.8 Å². The lowest BCUT2D eigenvalue weighted by Crippen LogP contribution is -2.30. The first-order valence-electron chi connectivity index (χ1n) is 5.02. The average molecular weight is 216 g/mol. The summed E-state index contributed by atoms with van der Waals surface area (Å²) < 4.78 is 15.3. The number of esters is 2. The highest BCUT2D eigenvalue weighted by Crippen LogP contribution is 2.26. The topological polar surface area (TPSA) is 61.8 Å². The molecule has 0 bridgehead atoms. The fourth-order valence-corrected chi connectivity index (χ4v) is 1.55. The summed E-state index contributed by atoms with van der Waals surface area (Å²) in [5.41, 5.74) is 0. The van der Waals surface area contributed by atoms with Crippen molar-refractivity contribution in [3.05, 3.63) is 0 Å². The molecule has 1 fully saturated rings. The maximum absolute atomic E-state index is 10.8. The van der Waals surface area contributed by atoms with E-state index in [9.17, 15) is 9.59 Å². The fourth-order valence-electron chi connectivity index (χ4n) is 1.55. The molecule has 0 amide bonds. The van der Waals surface area contributed by atoms with E-state index in [1.807, 2.05) is 6.92 Å². The van der Waals surface area contributed by atoms with Crippen LogP contribution in [-0.4, -0.2) is 30.4 Å². The van der Waals surface area contributed by atoms with Crippen molar-refractivity contribution in [3.8, 4) is 0 Å². The number of ether oxygens (including phenoxy) is 3. The van der Waals surface area contributed by atoms with E-state index in [-0.39, 0.29) is 6.10 Å². The van der Waals surface area contributed by atoms with Gasteiger partial charge in [-0.1, -0.05) is 6.92 Å². The molecule has 0 aromatic carbocycles. The third-order valence-electron chi connectivity index (χ3n) is 2.18. The number of carbonyl (C=O) groups is 2. The Balaban J connectivity index is 2.56. The molecular weight excluding hydrogens is 200 g/mol. The molecule has 2 unspecified atom stereocenters. The molecule has 1 heterocycles. The standard InChI is InChI=1S/C10H16O5/c1-4-8-5-9(13-6(2)11)10(15-8)14-7(3)12/h8-10H,4-5H2,1-3H3/t8-,9?,10?/m1/s1. The van der Waals surface area contributed by atoms with Crippen LogP contribution in [0.3, 0.4) is 0 Å². The van der Waals surface area contributed by atoms with Crippen LogP contribution in [0.25, 0.3) is 0 Å². The van der Waals surface area contributed by atoms with Crippen LogP contribution in [-0.2, 0) is 23.8 Å². The van der Waals surface area contributed by atoms with Gasteiger partial charge in [0.1, 0.15) is 0 Å². The molecule has 1 aliphatic heterocycles. The van der Waals surface area contributed by atoms with Crippen molar-refractivity contribution in [3.63, 3.8) is 0 Å². The summed E-state index contributed by atoms with van der Waals surface area (Å²) in [7, 11) is 0. The Morgan fingerprint density at radius 1 is 1.27 bits per heavy atom. The van der Waals surface area contributed by atoms with Gasteiger partial charge in [-0.25, -0.2) is 0 Å². The van der Waals surface area contributed by atoms with E-state index in [0.29, 0.717) is 6.42 Å². The summed E-state index contributed by atoms with van der Waals surface area (Å²) in [6.07, 6.45) is 0.134. The maximum atomic E-state index is 10.8. The molecule has 5 heteroatoms. The third kappa shape index (κ3) is 3.51. The molecule has 0 radical (unpaired) electrons. The quantitative estimate of drug-likeness (QED) is 0.659. The van der Waals surface area contributed by atoms with E-state index in [2.05, 4.69) is 0 Å². The summed E-state index contributed by atoms with van der Waals surface area (Å²) in [4.78, 5) is 21.6. The van der Waals surface area contributed by atoms with Gasteiger partial charge in [-0.15, -0.1) is 0 Å². The Morgan fingerprint density at radius 2 is 1.87 bits per heavy atom. The highest BCUT2D eigenvalue weighted by atomic mass is 16.7. The van der Waals surface area contributed by atoms with Gasteiger partial charge in [0.2, 0.25) is 6.29 Å². The number of hydrogen-bond donors (Lipinski definition) is 0. The van der Waals surface area contributed by atoms with E-state index in [0.717, 1.165) is 6.42 Å². The van der Waals surface area contributed by atoms with Crippen LogP contribution in [0.15, 0.2) is 0 Å². The number of rotatable bonds is 3. The zero-order valence-electron chi connectivity index (χ0n) is 9.19. The highest BCUT2D eigenvalue weighted by molar-refractivity contribution is 5.67. The molecule has 0 spiro atoms. The van der Waals surface area contributed by atoms with Gasteiger partial charge >= 0.3 is 11.9 Å². The van der Waals surface area contributed by atoms with Gasteiger partial charge in [-0.3, -0.25) is 9.59 Å². The fraction of sp³-hybridized carbons (Fsp3) is 0.800. The highest BCUT2D eigenvalue weighted by Gasteiger charge is 2.38. The SMILES string of the molecule is CC[C@@H]1CC(OC(C)=O)C(OC(C)=O)O1. The van der Waals surface area contributed by atoms with Crippen LogP contribution < -0.4 is 0 Å². The van der Waals surface area contributed by atoms with Gasteiger partial charge in [0, 0.05) is 20.3 Å². The first-order valence-corrected chi connectivity index (χ1v) is 5.02. The third-order valence-corrected chi connectivity index (χ3v) is 2.18. The summed E-state index contributed by atoms with van der Waals surface area (Å²) >= 11 is 0. The number of carbonyl (C=O) groups excluding carboxylic acids is 2. The van der Waals surface area contributed by atoms with Gasteiger partial charge in [0.15, 0.2) is 6.10 Å². The van der Waals surface area contributed by atoms with Crippen LogP contribution >= 0.6 is 0 Å². The Hall–Kier alpha value is -1.10. The second kappa shape index (κ2) is 5.11. The van der Waals surface area contributed by atoms with Crippen LogP contribution in [0.5, 0.6) is 0 Å². The largest absolute Gasteiger partial charge is 0.456 e. The molecule has 1 rings (SSSR count). The average Bonchev–Trinajstić information content (AvgIpc) is 2.46. The molecule has 86 valence electrons. The van der Waals surface area contributed by atoms with Gasteiger partial charge in [-0.2, -0.15) is 0 Å². The van der Waals surface area contributed by atoms with E-state index < -0.39 is 24.3 Å². The summed E-state index contributed by atoms with van der Waals surface area (Å²) in [6, 6.07) is 0. The minimum atomic E-state index is -0.753. The molecule has 0 aliphatic carbocycles. The van der Waals surface area contributed by atoms with Gasteiger partial charge in [-0.05, 0) is 6.42 Å². The molecule has 0 aromatic heterocycles. The predicted molar refractivity (Wildman–Crippen MR) is 50.9 cm³/mol. The molecule has 15 heavy (non-hydrogen) atoms. The number of hydrogen-bond acceptors (Lipinski definition) is 5. The monoisotopic (exact) mass is 216 g/mol. The van der Waals surface area contributed by atoms with Crippen molar-refractivity contribution in [2.24, 2.45) is 0 Å². The van der Waals surface area contributed by atoms with Gasteiger partial charge in [0.05, 0.1) is 6.10 Å². The van der Waals surface area contributed by atoms with Crippen LogP contribution in [0.1, 0.15) is 33.6 Å². The van der Waals surface area contributed by atoms with Crippen LogP contribution in [0.2, 0.25) is 0 Å². The Bertz CT molecular complexity index is 226. The lowest BCUT2D eigenvalue weighted by Gasteiger charge is -2.17. The Labute approximate surface area is 88.7 Å². The van der Waals surface area contributed by atoms with Crippen LogP contribution in [0, 0.1) is 0 Å². The smallest absolute Gasteiger partial charge is 0.305 e. The molecule has 3 atom stereocenters. The van der Waals surface area contributed by atoms with Crippen molar-refractivity contribution < 1.29 is 23.8 Å². The summed E-state index contributed by atoms with van der Waals surface area (Å²) in [5, 5.41) is 0. The minimum Gasteiger partial charge on any atom is -0.456 e. The summed E-state index contributed by atoms with van der Waals surface area (Å²) in [6.45, 7) is 4.59. The summed E-state index contributed by atoms with van der Waals surface area (Å²) in [5.74, 6) is -0.827. The zero-order valence-corrected chi connectivity index (χ0v) is 9.19. The Morgan fingerprint density at radius 3 is 2.33 bits per heavy atom. The molecule has 1 saturated heterocycles. The van der Waals surface area contributed by atoms with Crippen molar-refractivity contribution >= 4 is 11.9 Å².